The summed E-state index contributed by atoms with van der Waals surface area (Å²) in [6.07, 6.45) is 4.93. The first kappa shape index (κ1) is 18.1. The van der Waals surface area contributed by atoms with Gasteiger partial charge >= 0.3 is 0 Å². The van der Waals surface area contributed by atoms with Crippen LogP contribution in [0.25, 0.3) is 0 Å². The van der Waals surface area contributed by atoms with Crippen molar-refractivity contribution < 1.29 is 9.50 Å². The summed E-state index contributed by atoms with van der Waals surface area (Å²) in [5.74, 6) is 0.376. The van der Waals surface area contributed by atoms with Crippen LogP contribution in [0.3, 0.4) is 0 Å². The molecule has 0 spiro atoms. The Bertz CT molecular complexity index is 837. The number of anilines is 1. The minimum atomic E-state index is -0.502. The molecule has 3 atom stereocenters. The number of hydrogen-bond acceptors (Lipinski definition) is 3. The van der Waals surface area contributed by atoms with E-state index in [0.29, 0.717) is 12.0 Å². The fourth-order valence-corrected chi connectivity index (χ4v) is 5.59. The number of fused-ring (bicyclic) bond motifs is 3. The molecule has 3 aliphatic rings. The number of rotatable bonds is 5. The molecule has 148 valence electrons. The van der Waals surface area contributed by atoms with Crippen molar-refractivity contribution >= 4 is 5.69 Å². The van der Waals surface area contributed by atoms with Crippen LogP contribution in [0.15, 0.2) is 42.5 Å². The number of aryl methyl sites for hydroxylation is 1. The molecule has 1 fully saturated rings. The number of aliphatic hydroxyl groups excluding tert-OH is 1. The summed E-state index contributed by atoms with van der Waals surface area (Å²) in [7, 11) is 0. The molecule has 1 N–H and O–H groups in total. The first-order valence-electron chi connectivity index (χ1n) is 10.7. The molecule has 4 heteroatoms. The van der Waals surface area contributed by atoms with E-state index in [1.54, 1.807) is 28.9 Å². The van der Waals surface area contributed by atoms with Crippen molar-refractivity contribution in [1.82, 2.24) is 4.90 Å². The zero-order chi connectivity index (χ0) is 19.1. The second-order valence-electron chi connectivity index (χ2n) is 8.62. The molecule has 3 heterocycles. The Balaban J connectivity index is 1.20. The summed E-state index contributed by atoms with van der Waals surface area (Å²) in [6.45, 7) is 4.52. The van der Waals surface area contributed by atoms with Gasteiger partial charge in [0.05, 0.1) is 6.10 Å². The number of benzene rings is 2. The normalized spacial score (nSPS) is 24.7. The van der Waals surface area contributed by atoms with Crippen LogP contribution in [0.5, 0.6) is 0 Å². The molecule has 0 aliphatic carbocycles. The average Bonchev–Trinajstić information content (AvgIpc) is 3.04. The zero-order valence-corrected chi connectivity index (χ0v) is 16.4. The van der Waals surface area contributed by atoms with Gasteiger partial charge in [0, 0.05) is 37.3 Å². The van der Waals surface area contributed by atoms with Gasteiger partial charge in [-0.25, -0.2) is 4.39 Å². The van der Waals surface area contributed by atoms with E-state index in [9.17, 15) is 9.50 Å². The largest absolute Gasteiger partial charge is 0.388 e. The van der Waals surface area contributed by atoms with E-state index in [1.165, 1.54) is 37.9 Å². The third kappa shape index (κ3) is 3.23. The highest BCUT2D eigenvalue weighted by atomic mass is 19.1. The molecule has 2 aromatic carbocycles. The Hall–Kier alpha value is -1.91. The van der Waals surface area contributed by atoms with E-state index in [2.05, 4.69) is 28.0 Å². The highest BCUT2D eigenvalue weighted by molar-refractivity contribution is 5.68. The quantitative estimate of drug-likeness (QED) is 0.839. The Morgan fingerprint density at radius 1 is 1.11 bits per heavy atom. The molecule has 0 saturated carbocycles. The Morgan fingerprint density at radius 2 is 1.96 bits per heavy atom. The van der Waals surface area contributed by atoms with E-state index < -0.39 is 6.10 Å². The monoisotopic (exact) mass is 380 g/mol. The second kappa shape index (κ2) is 7.49. The van der Waals surface area contributed by atoms with Crippen molar-refractivity contribution in [2.75, 3.05) is 31.1 Å². The number of piperidine rings is 1. The maximum Gasteiger partial charge on any atom is 0.123 e. The Morgan fingerprint density at radius 3 is 2.82 bits per heavy atom. The van der Waals surface area contributed by atoms with Crippen LogP contribution in [-0.4, -0.2) is 42.2 Å². The first-order chi connectivity index (χ1) is 13.7. The fourth-order valence-electron chi connectivity index (χ4n) is 5.59. The standard InChI is InChI=1S/C24H29FN2O/c25-19-10-8-17(9-11-19)23(28)7-3-13-26-15-12-22-21(16-26)20-6-1-4-18-5-2-14-27(22)24(18)20/h1,4,6,8-11,21-23,28H,2-3,5,7,12-16H2. The summed E-state index contributed by atoms with van der Waals surface area (Å²) in [4.78, 5) is 5.28. The molecule has 5 rings (SSSR count). The van der Waals surface area contributed by atoms with Crippen LogP contribution in [-0.2, 0) is 6.42 Å². The molecule has 0 amide bonds. The van der Waals surface area contributed by atoms with Gasteiger partial charge in [-0.1, -0.05) is 30.3 Å². The lowest BCUT2D eigenvalue weighted by molar-refractivity contribution is 0.144. The molecule has 0 radical (unpaired) electrons. The van der Waals surface area contributed by atoms with Crippen LogP contribution < -0.4 is 4.90 Å². The van der Waals surface area contributed by atoms with Crippen molar-refractivity contribution in [3.05, 3.63) is 65.0 Å². The number of likely N-dealkylation sites (tertiary alicyclic amines) is 1. The fraction of sp³-hybridized carbons (Fsp3) is 0.500. The predicted molar refractivity (Wildman–Crippen MR) is 110 cm³/mol. The molecule has 28 heavy (non-hydrogen) atoms. The van der Waals surface area contributed by atoms with Crippen LogP contribution in [0.1, 0.15) is 54.4 Å². The van der Waals surface area contributed by atoms with Crippen molar-refractivity contribution in [3.8, 4) is 0 Å². The summed E-state index contributed by atoms with van der Waals surface area (Å²) < 4.78 is 13.0. The Kier molecular flexibility index (Phi) is 4.85. The topological polar surface area (TPSA) is 26.7 Å². The van der Waals surface area contributed by atoms with E-state index in [1.807, 2.05) is 0 Å². The van der Waals surface area contributed by atoms with E-state index in [4.69, 9.17) is 0 Å². The summed E-state index contributed by atoms with van der Waals surface area (Å²) in [6, 6.07) is 13.8. The molecular formula is C24H29FN2O. The van der Waals surface area contributed by atoms with Crippen LogP contribution in [0.4, 0.5) is 10.1 Å². The number of halogens is 1. The first-order valence-corrected chi connectivity index (χ1v) is 10.7. The summed E-state index contributed by atoms with van der Waals surface area (Å²) in [5, 5.41) is 10.4. The minimum absolute atomic E-state index is 0.253. The molecule has 1 saturated heterocycles. The Labute approximate surface area is 166 Å². The van der Waals surface area contributed by atoms with E-state index >= 15 is 0 Å². The lowest BCUT2D eigenvalue weighted by atomic mass is 9.88. The van der Waals surface area contributed by atoms with Crippen molar-refractivity contribution in [3.63, 3.8) is 0 Å². The van der Waals surface area contributed by atoms with Crippen LogP contribution in [0.2, 0.25) is 0 Å². The van der Waals surface area contributed by atoms with Gasteiger partial charge in [-0.05, 0) is 67.5 Å². The highest BCUT2D eigenvalue weighted by Gasteiger charge is 2.43. The predicted octanol–water partition coefficient (Wildman–Crippen LogP) is 4.26. The molecule has 3 unspecified atom stereocenters. The second-order valence-corrected chi connectivity index (χ2v) is 8.62. The number of nitrogens with zero attached hydrogens (tertiary/aromatic N) is 2. The SMILES string of the molecule is OC(CCCN1CCC2C(C1)c1cccc3c1N2CCC3)c1ccc(F)cc1. The number of aliphatic hydroxyl groups is 1. The molecular weight excluding hydrogens is 351 g/mol. The van der Waals surface area contributed by atoms with Gasteiger partial charge in [-0.15, -0.1) is 0 Å². The minimum Gasteiger partial charge on any atom is -0.388 e. The lowest BCUT2D eigenvalue weighted by Crippen LogP contribution is -2.47. The molecule has 2 aromatic rings. The van der Waals surface area contributed by atoms with E-state index in [-0.39, 0.29) is 5.82 Å². The molecule has 0 bridgehead atoms. The highest BCUT2D eigenvalue weighted by Crippen LogP contribution is 2.48. The van der Waals surface area contributed by atoms with Crippen LogP contribution >= 0.6 is 0 Å². The summed E-state index contributed by atoms with van der Waals surface area (Å²) >= 11 is 0. The van der Waals surface area contributed by atoms with Gasteiger partial charge in [0.1, 0.15) is 5.82 Å². The average molecular weight is 381 g/mol. The van der Waals surface area contributed by atoms with Gasteiger partial charge in [0.15, 0.2) is 0 Å². The van der Waals surface area contributed by atoms with Gasteiger partial charge in [-0.2, -0.15) is 0 Å². The smallest absolute Gasteiger partial charge is 0.123 e. The van der Waals surface area contributed by atoms with Gasteiger partial charge in [0.2, 0.25) is 0 Å². The zero-order valence-electron chi connectivity index (χ0n) is 16.4. The lowest BCUT2D eigenvalue weighted by Gasteiger charge is -2.40. The van der Waals surface area contributed by atoms with Crippen molar-refractivity contribution in [2.24, 2.45) is 0 Å². The molecule has 0 aromatic heterocycles. The van der Waals surface area contributed by atoms with Gasteiger partial charge in [0.25, 0.3) is 0 Å². The summed E-state index contributed by atoms with van der Waals surface area (Å²) in [5.41, 5.74) is 5.48. The third-order valence-corrected chi connectivity index (χ3v) is 6.95. The van der Waals surface area contributed by atoms with Crippen molar-refractivity contribution in [1.29, 1.82) is 0 Å². The van der Waals surface area contributed by atoms with Crippen LogP contribution in [0, 0.1) is 5.82 Å². The van der Waals surface area contributed by atoms with Gasteiger partial charge < -0.3 is 14.9 Å². The van der Waals surface area contributed by atoms with E-state index in [0.717, 1.165) is 38.0 Å². The van der Waals surface area contributed by atoms with Gasteiger partial charge in [-0.3, -0.25) is 0 Å². The number of para-hydroxylation sites is 1. The number of hydrogen-bond donors (Lipinski definition) is 1. The third-order valence-electron chi connectivity index (χ3n) is 6.95. The molecule has 3 aliphatic heterocycles. The maximum absolute atomic E-state index is 13.0. The van der Waals surface area contributed by atoms with Crippen molar-refractivity contribution in [2.45, 2.75) is 50.2 Å². The molecule has 3 nitrogen and oxygen atoms in total. The maximum atomic E-state index is 13.0.